The molecule has 0 aliphatic heterocycles. The maximum atomic E-state index is 10.9. The van der Waals surface area contributed by atoms with Crippen molar-refractivity contribution in [2.75, 3.05) is 12.5 Å². The van der Waals surface area contributed by atoms with Gasteiger partial charge in [0.2, 0.25) is 0 Å². The Labute approximate surface area is 176 Å². The zero-order chi connectivity index (χ0) is 21.6. The molecule has 0 spiro atoms. The second-order valence-corrected chi connectivity index (χ2v) is 6.27. The van der Waals surface area contributed by atoms with E-state index < -0.39 is 4.92 Å². The van der Waals surface area contributed by atoms with Crippen molar-refractivity contribution in [3.05, 3.63) is 82.7 Å². The van der Waals surface area contributed by atoms with E-state index in [-0.39, 0.29) is 11.6 Å². The number of nitro benzene ring substituents is 1. The quantitative estimate of drug-likeness (QED) is 0.270. The molecule has 154 valence electrons. The van der Waals surface area contributed by atoms with Crippen molar-refractivity contribution in [2.45, 2.75) is 0 Å². The monoisotopic (exact) mass is 416 g/mol. The lowest BCUT2D eigenvalue weighted by atomic mass is 10.1. The highest BCUT2D eigenvalue weighted by Gasteiger charge is 2.10. The third kappa shape index (κ3) is 4.70. The minimum absolute atomic E-state index is 0.00725. The number of nitrogens with one attached hydrogen (secondary N) is 1. The van der Waals surface area contributed by atoms with Crippen LogP contribution in [0.2, 0.25) is 0 Å². The highest BCUT2D eigenvalue weighted by molar-refractivity contribution is 5.78. The average Bonchev–Trinajstić information content (AvgIpc) is 3.28. The van der Waals surface area contributed by atoms with Crippen molar-refractivity contribution in [1.29, 1.82) is 0 Å². The minimum atomic E-state index is -0.452. The van der Waals surface area contributed by atoms with Crippen molar-refractivity contribution in [2.24, 2.45) is 5.10 Å². The van der Waals surface area contributed by atoms with Crippen molar-refractivity contribution in [1.82, 2.24) is 15.2 Å². The number of hydrogen-bond donors (Lipinski definition) is 1. The van der Waals surface area contributed by atoms with Crippen LogP contribution in [0, 0.1) is 10.1 Å². The number of ether oxygens (including phenoxy) is 1. The highest BCUT2D eigenvalue weighted by Crippen LogP contribution is 2.25. The van der Waals surface area contributed by atoms with Crippen LogP contribution in [0.3, 0.4) is 0 Å². The molecule has 0 aliphatic rings. The molecule has 0 bridgehead atoms. The molecule has 0 fully saturated rings. The molecule has 10 nitrogen and oxygen atoms in total. The van der Waals surface area contributed by atoms with Crippen LogP contribution in [0.4, 0.5) is 11.6 Å². The largest absolute Gasteiger partial charge is 0.497 e. The molecule has 31 heavy (non-hydrogen) atoms. The summed E-state index contributed by atoms with van der Waals surface area (Å²) in [6.45, 7) is 0. The number of hydrogen-bond acceptors (Lipinski definition) is 9. The molecule has 2 heterocycles. The molecule has 2 aromatic carbocycles. The van der Waals surface area contributed by atoms with E-state index in [0.29, 0.717) is 22.8 Å². The molecular formula is C21H16N6O4. The summed E-state index contributed by atoms with van der Waals surface area (Å²) in [6.07, 6.45) is 3.00. The molecular weight excluding hydrogens is 400 g/mol. The predicted octanol–water partition coefficient (Wildman–Crippen LogP) is 4.16. The van der Waals surface area contributed by atoms with Crippen LogP contribution in [0.15, 0.2) is 76.4 Å². The first-order chi connectivity index (χ1) is 15.1. The van der Waals surface area contributed by atoms with E-state index in [9.17, 15) is 10.1 Å². The number of methoxy groups -OCH3 is 1. The molecule has 0 atom stereocenters. The lowest BCUT2D eigenvalue weighted by Crippen LogP contribution is -1.99. The van der Waals surface area contributed by atoms with Crippen LogP contribution in [0.25, 0.3) is 22.6 Å². The van der Waals surface area contributed by atoms with Crippen molar-refractivity contribution < 1.29 is 14.1 Å². The Morgan fingerprint density at radius 2 is 1.97 bits per heavy atom. The number of rotatable bonds is 7. The zero-order valence-corrected chi connectivity index (χ0v) is 16.3. The van der Waals surface area contributed by atoms with E-state index >= 15 is 0 Å². The van der Waals surface area contributed by atoms with Crippen LogP contribution in [-0.2, 0) is 0 Å². The zero-order valence-electron chi connectivity index (χ0n) is 16.3. The van der Waals surface area contributed by atoms with Crippen LogP contribution < -0.4 is 10.2 Å². The van der Waals surface area contributed by atoms with E-state index in [0.717, 1.165) is 11.3 Å². The number of anilines is 1. The van der Waals surface area contributed by atoms with Gasteiger partial charge in [-0.1, -0.05) is 12.1 Å². The first-order valence-electron chi connectivity index (χ1n) is 9.10. The summed E-state index contributed by atoms with van der Waals surface area (Å²) in [4.78, 5) is 14.9. The number of non-ortho nitro benzene ring substituents is 1. The van der Waals surface area contributed by atoms with E-state index in [4.69, 9.17) is 9.15 Å². The van der Waals surface area contributed by atoms with Gasteiger partial charge in [0.15, 0.2) is 0 Å². The fraction of sp³-hybridized carbons (Fsp3) is 0.0476. The van der Waals surface area contributed by atoms with Gasteiger partial charge in [-0.25, -0.2) is 10.4 Å². The average molecular weight is 416 g/mol. The third-order valence-electron chi connectivity index (χ3n) is 4.27. The van der Waals surface area contributed by atoms with E-state index in [1.807, 2.05) is 24.3 Å². The Bertz CT molecular complexity index is 1240. The topological polar surface area (TPSA) is 129 Å². The Morgan fingerprint density at radius 3 is 2.74 bits per heavy atom. The van der Waals surface area contributed by atoms with Gasteiger partial charge in [-0.3, -0.25) is 10.1 Å². The van der Waals surface area contributed by atoms with Gasteiger partial charge in [-0.05, 0) is 36.4 Å². The number of hydrazone groups is 1. The van der Waals surface area contributed by atoms with Crippen LogP contribution in [-0.4, -0.2) is 33.4 Å². The van der Waals surface area contributed by atoms with Crippen LogP contribution >= 0.6 is 0 Å². The van der Waals surface area contributed by atoms with Gasteiger partial charge in [0.05, 0.1) is 30.1 Å². The standard InChI is InChI=1S/C21H16N6O4/c1-30-17-7-5-14(6-8-17)19-13-23-26-21(24-19)25-22-12-18-9-10-20(31-18)15-3-2-4-16(11-15)27(28)29/h2-13H,1H3,(H,24,25,26)/b22-12-. The Hall–Kier alpha value is -4.60. The summed E-state index contributed by atoms with van der Waals surface area (Å²) < 4.78 is 10.8. The summed E-state index contributed by atoms with van der Waals surface area (Å²) >= 11 is 0. The fourth-order valence-electron chi connectivity index (χ4n) is 2.76. The normalized spacial score (nSPS) is 10.9. The van der Waals surface area contributed by atoms with Crippen molar-refractivity contribution >= 4 is 17.9 Å². The van der Waals surface area contributed by atoms with Gasteiger partial charge >= 0.3 is 0 Å². The maximum Gasteiger partial charge on any atom is 0.270 e. The first-order valence-corrected chi connectivity index (χ1v) is 9.10. The number of furan rings is 1. The lowest BCUT2D eigenvalue weighted by Gasteiger charge is -2.03. The number of aromatic nitrogens is 3. The van der Waals surface area contributed by atoms with E-state index in [1.54, 1.807) is 37.6 Å². The van der Waals surface area contributed by atoms with Gasteiger partial charge in [-0.2, -0.15) is 10.2 Å². The predicted molar refractivity (Wildman–Crippen MR) is 114 cm³/mol. The van der Waals surface area contributed by atoms with Crippen molar-refractivity contribution in [3.8, 4) is 28.3 Å². The minimum Gasteiger partial charge on any atom is -0.497 e. The van der Waals surface area contributed by atoms with Crippen molar-refractivity contribution in [3.63, 3.8) is 0 Å². The number of benzene rings is 2. The molecule has 2 aromatic heterocycles. The Balaban J connectivity index is 1.45. The summed E-state index contributed by atoms with van der Waals surface area (Å²) in [5.74, 6) is 1.91. The van der Waals surface area contributed by atoms with Crippen LogP contribution in [0.5, 0.6) is 5.75 Å². The Morgan fingerprint density at radius 1 is 1.13 bits per heavy atom. The first kappa shape index (κ1) is 19.7. The lowest BCUT2D eigenvalue weighted by molar-refractivity contribution is -0.384. The maximum absolute atomic E-state index is 10.9. The van der Waals surface area contributed by atoms with Gasteiger partial charge in [0.25, 0.3) is 11.6 Å². The smallest absolute Gasteiger partial charge is 0.270 e. The molecule has 0 unspecified atom stereocenters. The molecule has 0 radical (unpaired) electrons. The highest BCUT2D eigenvalue weighted by atomic mass is 16.6. The Kier molecular flexibility index (Phi) is 5.61. The molecule has 4 aromatic rings. The SMILES string of the molecule is COc1ccc(-c2cnnc(N/N=C\c3ccc(-c4cccc([N+](=O)[O-])c4)o3)n2)cc1. The number of nitro groups is 1. The van der Waals surface area contributed by atoms with Gasteiger partial charge in [0, 0.05) is 23.3 Å². The van der Waals surface area contributed by atoms with Gasteiger partial charge in [0.1, 0.15) is 17.3 Å². The number of nitrogens with zero attached hydrogens (tertiary/aromatic N) is 5. The second-order valence-electron chi connectivity index (χ2n) is 6.27. The molecule has 0 aliphatic carbocycles. The van der Waals surface area contributed by atoms with E-state index in [2.05, 4.69) is 25.7 Å². The third-order valence-corrected chi connectivity index (χ3v) is 4.27. The molecule has 0 saturated carbocycles. The molecule has 0 amide bonds. The summed E-state index contributed by atoms with van der Waals surface area (Å²) in [5, 5.41) is 22.8. The second kappa shape index (κ2) is 8.82. The summed E-state index contributed by atoms with van der Waals surface area (Å²) in [5.41, 5.74) is 4.78. The van der Waals surface area contributed by atoms with E-state index in [1.165, 1.54) is 18.3 Å². The van der Waals surface area contributed by atoms with Gasteiger partial charge in [-0.15, -0.1) is 5.10 Å². The van der Waals surface area contributed by atoms with Crippen LogP contribution in [0.1, 0.15) is 5.76 Å². The summed E-state index contributed by atoms with van der Waals surface area (Å²) in [7, 11) is 1.60. The molecule has 10 heteroatoms. The molecule has 1 N–H and O–H groups in total. The van der Waals surface area contributed by atoms with Gasteiger partial charge < -0.3 is 9.15 Å². The summed E-state index contributed by atoms with van der Waals surface area (Å²) in [6, 6.07) is 17.0. The molecule has 0 saturated heterocycles. The fourth-order valence-corrected chi connectivity index (χ4v) is 2.76. The molecule has 4 rings (SSSR count).